The average Bonchev–Trinajstić information content (AvgIpc) is 2.93. The predicted molar refractivity (Wildman–Crippen MR) is 73.4 cm³/mol. The van der Waals surface area contributed by atoms with Crippen molar-refractivity contribution in [3.8, 4) is 0 Å². The fourth-order valence-electron chi connectivity index (χ4n) is 2.06. The fourth-order valence-corrected chi connectivity index (χ4v) is 2.06. The third-order valence-corrected chi connectivity index (χ3v) is 3.17. The van der Waals surface area contributed by atoms with Gasteiger partial charge in [0.15, 0.2) is 0 Å². The average molecular weight is 279 g/mol. The number of nitrogens with zero attached hydrogens (tertiary/aromatic N) is 4. The normalized spacial score (nSPS) is 11.2. The third kappa shape index (κ3) is 3.43. The summed E-state index contributed by atoms with van der Waals surface area (Å²) in [5.74, 6) is 1.15. The maximum absolute atomic E-state index is 5.39. The van der Waals surface area contributed by atoms with Crippen molar-refractivity contribution in [2.45, 2.75) is 33.9 Å². The molecular weight excluding hydrogens is 258 g/mol. The van der Waals surface area contributed by atoms with Gasteiger partial charge in [0.05, 0.1) is 12.3 Å². The Kier molecular flexibility index (Phi) is 4.86. The van der Waals surface area contributed by atoms with Crippen LogP contribution < -0.4 is 5.32 Å². The van der Waals surface area contributed by atoms with Crippen LogP contribution in [0.5, 0.6) is 0 Å². The summed E-state index contributed by atoms with van der Waals surface area (Å²) in [6.45, 7) is 8.65. The number of ether oxygens (including phenoxy) is 1. The Hall–Kier alpha value is -1.73. The number of methoxy groups -OCH3 is 1. The van der Waals surface area contributed by atoms with Gasteiger partial charge < -0.3 is 14.5 Å². The van der Waals surface area contributed by atoms with Crippen molar-refractivity contribution < 1.29 is 9.15 Å². The molecule has 0 atom stereocenters. The molecule has 7 heteroatoms. The Labute approximate surface area is 118 Å². The molecule has 0 bridgehead atoms. The van der Waals surface area contributed by atoms with E-state index in [0.717, 1.165) is 24.5 Å². The van der Waals surface area contributed by atoms with Gasteiger partial charge in [0.1, 0.15) is 6.54 Å². The summed E-state index contributed by atoms with van der Waals surface area (Å²) in [5.41, 5.74) is 3.34. The first-order valence-electron chi connectivity index (χ1n) is 6.63. The fraction of sp³-hybridized carbons (Fsp3) is 0.615. The quantitative estimate of drug-likeness (QED) is 0.761. The van der Waals surface area contributed by atoms with Crippen LogP contribution in [0.4, 0.5) is 0 Å². The molecule has 0 saturated heterocycles. The van der Waals surface area contributed by atoms with Crippen molar-refractivity contribution in [1.29, 1.82) is 0 Å². The number of nitrogens with one attached hydrogen (secondary N) is 1. The maximum atomic E-state index is 5.39. The van der Waals surface area contributed by atoms with Gasteiger partial charge in [-0.2, -0.15) is 5.10 Å². The van der Waals surface area contributed by atoms with Gasteiger partial charge in [0.25, 0.3) is 0 Å². The molecule has 0 aliphatic rings. The number of aromatic nitrogens is 4. The second-order valence-corrected chi connectivity index (χ2v) is 4.69. The highest BCUT2D eigenvalue weighted by atomic mass is 16.5. The number of rotatable bonds is 7. The molecule has 0 spiro atoms. The minimum atomic E-state index is 0.506. The summed E-state index contributed by atoms with van der Waals surface area (Å²) in [6, 6.07) is 0. The lowest BCUT2D eigenvalue weighted by Gasteiger charge is -2.05. The summed E-state index contributed by atoms with van der Waals surface area (Å²) < 4.78 is 12.3. The molecule has 0 radical (unpaired) electrons. The Morgan fingerprint density at radius 3 is 2.70 bits per heavy atom. The van der Waals surface area contributed by atoms with Gasteiger partial charge in [-0.15, -0.1) is 10.2 Å². The van der Waals surface area contributed by atoms with E-state index in [9.17, 15) is 0 Å². The van der Waals surface area contributed by atoms with Crippen molar-refractivity contribution in [3.05, 3.63) is 28.7 Å². The van der Waals surface area contributed by atoms with Crippen molar-refractivity contribution in [3.63, 3.8) is 0 Å². The first-order chi connectivity index (χ1) is 9.61. The highest BCUT2D eigenvalue weighted by Crippen LogP contribution is 2.14. The van der Waals surface area contributed by atoms with Crippen LogP contribution in [0.2, 0.25) is 0 Å². The Morgan fingerprint density at radius 2 is 2.05 bits per heavy atom. The van der Waals surface area contributed by atoms with E-state index in [1.807, 2.05) is 11.6 Å². The van der Waals surface area contributed by atoms with E-state index in [1.54, 1.807) is 14.0 Å². The van der Waals surface area contributed by atoms with Crippen LogP contribution in [0.1, 0.15) is 28.7 Å². The summed E-state index contributed by atoms with van der Waals surface area (Å²) >= 11 is 0. The van der Waals surface area contributed by atoms with Crippen LogP contribution in [-0.2, 0) is 17.8 Å². The Morgan fingerprint density at radius 1 is 1.25 bits per heavy atom. The molecule has 0 unspecified atom stereocenters. The number of hydrogen-bond donors (Lipinski definition) is 1. The summed E-state index contributed by atoms with van der Waals surface area (Å²) in [5, 5.41) is 15.7. The van der Waals surface area contributed by atoms with Gasteiger partial charge in [-0.05, 0) is 13.8 Å². The van der Waals surface area contributed by atoms with Crippen molar-refractivity contribution in [1.82, 2.24) is 25.3 Å². The molecule has 2 rings (SSSR count). The molecule has 7 nitrogen and oxygen atoms in total. The molecule has 0 aromatic carbocycles. The highest BCUT2D eigenvalue weighted by molar-refractivity contribution is 5.24. The zero-order valence-corrected chi connectivity index (χ0v) is 12.4. The topological polar surface area (TPSA) is 78.0 Å². The van der Waals surface area contributed by atoms with E-state index in [1.165, 1.54) is 5.56 Å². The lowest BCUT2D eigenvalue weighted by molar-refractivity contribution is 0.199. The molecule has 0 fully saturated rings. The van der Waals surface area contributed by atoms with Crippen molar-refractivity contribution in [2.75, 3.05) is 20.3 Å². The molecule has 0 aliphatic carbocycles. The van der Waals surface area contributed by atoms with Crippen molar-refractivity contribution in [2.24, 2.45) is 0 Å². The first-order valence-corrected chi connectivity index (χ1v) is 6.63. The highest BCUT2D eigenvalue weighted by Gasteiger charge is 2.13. The molecule has 0 amide bonds. The lowest BCUT2D eigenvalue weighted by Crippen LogP contribution is -2.19. The summed E-state index contributed by atoms with van der Waals surface area (Å²) in [7, 11) is 1.70. The van der Waals surface area contributed by atoms with E-state index < -0.39 is 0 Å². The third-order valence-electron chi connectivity index (χ3n) is 3.17. The van der Waals surface area contributed by atoms with Crippen LogP contribution in [0.3, 0.4) is 0 Å². The van der Waals surface area contributed by atoms with Gasteiger partial charge in [0, 0.05) is 38.4 Å². The van der Waals surface area contributed by atoms with Crippen LogP contribution in [0.25, 0.3) is 0 Å². The van der Waals surface area contributed by atoms with Gasteiger partial charge in [0.2, 0.25) is 11.8 Å². The van der Waals surface area contributed by atoms with E-state index in [-0.39, 0.29) is 0 Å². The SMILES string of the molecule is COCCNCc1c(C)nn(Cc2nnc(C)o2)c1C. The Bertz CT molecular complexity index is 561. The van der Waals surface area contributed by atoms with Crippen LogP contribution in [-0.4, -0.2) is 40.2 Å². The molecule has 0 aliphatic heterocycles. The maximum Gasteiger partial charge on any atom is 0.237 e. The van der Waals surface area contributed by atoms with E-state index in [4.69, 9.17) is 9.15 Å². The predicted octanol–water partition coefficient (Wildman–Crippen LogP) is 0.976. The van der Waals surface area contributed by atoms with Crippen molar-refractivity contribution >= 4 is 0 Å². The smallest absolute Gasteiger partial charge is 0.237 e. The second kappa shape index (κ2) is 6.62. The zero-order valence-electron chi connectivity index (χ0n) is 12.4. The lowest BCUT2D eigenvalue weighted by atomic mass is 10.2. The first kappa shape index (κ1) is 14.7. The molecule has 2 aromatic heterocycles. The number of hydrogen-bond acceptors (Lipinski definition) is 6. The number of aryl methyl sites for hydroxylation is 2. The Balaban J connectivity index is 2.04. The largest absolute Gasteiger partial charge is 0.424 e. The molecule has 0 saturated carbocycles. The monoisotopic (exact) mass is 279 g/mol. The van der Waals surface area contributed by atoms with Crippen LogP contribution in [0, 0.1) is 20.8 Å². The molecule has 1 N–H and O–H groups in total. The van der Waals surface area contributed by atoms with Gasteiger partial charge in [-0.3, -0.25) is 4.68 Å². The summed E-state index contributed by atoms with van der Waals surface area (Å²) in [6.07, 6.45) is 0. The summed E-state index contributed by atoms with van der Waals surface area (Å²) in [4.78, 5) is 0. The zero-order chi connectivity index (χ0) is 14.5. The van der Waals surface area contributed by atoms with Gasteiger partial charge >= 0.3 is 0 Å². The van der Waals surface area contributed by atoms with Crippen LogP contribution >= 0.6 is 0 Å². The molecule has 2 aromatic rings. The second-order valence-electron chi connectivity index (χ2n) is 4.69. The molecule has 20 heavy (non-hydrogen) atoms. The molecule has 110 valence electrons. The van der Waals surface area contributed by atoms with E-state index in [2.05, 4.69) is 27.5 Å². The van der Waals surface area contributed by atoms with E-state index in [0.29, 0.717) is 24.9 Å². The van der Waals surface area contributed by atoms with E-state index >= 15 is 0 Å². The minimum Gasteiger partial charge on any atom is -0.424 e. The molecular formula is C13H21N5O2. The molecule has 2 heterocycles. The minimum absolute atomic E-state index is 0.506. The van der Waals surface area contributed by atoms with Gasteiger partial charge in [-0.25, -0.2) is 0 Å². The van der Waals surface area contributed by atoms with Gasteiger partial charge in [-0.1, -0.05) is 0 Å². The standard InChI is InChI=1S/C13H21N5O2/c1-9-12(7-14-5-6-19-4)10(2)18(17-9)8-13-16-15-11(3)20-13/h14H,5-8H2,1-4H3. The van der Waals surface area contributed by atoms with Crippen LogP contribution in [0.15, 0.2) is 4.42 Å².